The van der Waals surface area contributed by atoms with Crippen molar-refractivity contribution in [3.63, 3.8) is 0 Å². The van der Waals surface area contributed by atoms with Crippen LogP contribution in [0.1, 0.15) is 17.9 Å². The molecule has 0 amide bonds. The number of hydrogen-bond donors (Lipinski definition) is 0. The van der Waals surface area contributed by atoms with Crippen LogP contribution in [0.3, 0.4) is 0 Å². The average Bonchev–Trinajstić information content (AvgIpc) is 3.49. The molecule has 1 aliphatic rings. The lowest BCUT2D eigenvalue weighted by Gasteiger charge is -2.29. The molecule has 1 aliphatic carbocycles. The summed E-state index contributed by atoms with van der Waals surface area (Å²) in [6.07, 6.45) is 7.98. The van der Waals surface area contributed by atoms with Crippen LogP contribution >= 0.6 is 0 Å². The van der Waals surface area contributed by atoms with Crippen molar-refractivity contribution in [3.8, 4) is 66.8 Å². The highest BCUT2D eigenvalue weighted by Crippen LogP contribution is 2.40. The molecule has 12 rings (SSSR count). The van der Waals surface area contributed by atoms with E-state index in [0.717, 1.165) is 34.9 Å². The largest absolute Gasteiger partial charge is 0.311 e. The Morgan fingerprint density at radius 1 is 0.230 bits per heavy atom. The highest BCUT2D eigenvalue weighted by atomic mass is 15.1. The number of nitrogens with zero attached hydrogens (tertiary/aromatic N) is 2. The fourth-order valence-electron chi connectivity index (χ4n) is 10.2. The van der Waals surface area contributed by atoms with Gasteiger partial charge in [0.1, 0.15) is 0 Å². The maximum atomic E-state index is 2.39. The standard InChI is InChI=1S/C72H54N2/c1-5-13-53(14-6-1)61-29-41-67(42-30-61)73(68-43-31-62(32-44-68)54-15-7-2-8-16-54)71-49-37-65(38-50-71)59-25-21-57(22-26-59)58-23-27-60(28-24-58)66-39-51-72(52-40-66)74(69-45-33-63(34-46-69)55-17-9-3-10-18-55)70-47-35-64(36-48-70)56-19-11-4-12-20-56/h1-39,41-52,66H,40H2. The number of anilines is 5. The molecule has 0 aromatic heterocycles. The molecule has 11 aromatic rings. The average molecular weight is 947 g/mol. The van der Waals surface area contributed by atoms with Gasteiger partial charge in [-0.25, -0.2) is 0 Å². The van der Waals surface area contributed by atoms with E-state index in [0.29, 0.717) is 5.92 Å². The van der Waals surface area contributed by atoms with Crippen LogP contribution in [-0.2, 0) is 0 Å². The van der Waals surface area contributed by atoms with Gasteiger partial charge in [0.15, 0.2) is 0 Å². The molecule has 0 fully saturated rings. The molecule has 1 atom stereocenters. The molecule has 0 saturated carbocycles. The molecule has 2 heteroatoms. The van der Waals surface area contributed by atoms with Gasteiger partial charge < -0.3 is 9.80 Å². The maximum Gasteiger partial charge on any atom is 0.0462 e. The van der Waals surface area contributed by atoms with E-state index in [2.05, 4.69) is 319 Å². The predicted molar refractivity (Wildman–Crippen MR) is 313 cm³/mol. The van der Waals surface area contributed by atoms with E-state index in [-0.39, 0.29) is 0 Å². The minimum atomic E-state index is 0.291. The van der Waals surface area contributed by atoms with E-state index in [1.165, 1.54) is 78.0 Å². The summed E-state index contributed by atoms with van der Waals surface area (Å²) < 4.78 is 0. The molecule has 0 bridgehead atoms. The van der Waals surface area contributed by atoms with Crippen LogP contribution in [0.25, 0.3) is 66.8 Å². The number of allylic oxidation sites excluding steroid dienone is 3. The molecule has 2 nitrogen and oxygen atoms in total. The maximum absolute atomic E-state index is 2.39. The van der Waals surface area contributed by atoms with Crippen LogP contribution in [0.4, 0.5) is 28.4 Å². The smallest absolute Gasteiger partial charge is 0.0462 e. The topological polar surface area (TPSA) is 6.48 Å². The van der Waals surface area contributed by atoms with E-state index in [9.17, 15) is 0 Å². The van der Waals surface area contributed by atoms with Crippen LogP contribution in [0.2, 0.25) is 0 Å². The Morgan fingerprint density at radius 3 is 0.716 bits per heavy atom. The molecular weight excluding hydrogens is 893 g/mol. The van der Waals surface area contributed by atoms with Crippen LogP contribution in [-0.4, -0.2) is 0 Å². The lowest BCUT2D eigenvalue weighted by molar-refractivity contribution is 0.840. The Labute approximate surface area is 435 Å². The van der Waals surface area contributed by atoms with Crippen molar-refractivity contribution in [2.75, 3.05) is 9.80 Å². The fourth-order valence-corrected chi connectivity index (χ4v) is 10.2. The minimum Gasteiger partial charge on any atom is -0.311 e. The van der Waals surface area contributed by atoms with E-state index in [1.54, 1.807) is 0 Å². The zero-order valence-corrected chi connectivity index (χ0v) is 41.1. The quantitative estimate of drug-likeness (QED) is 0.114. The molecular formula is C72H54N2. The van der Waals surface area contributed by atoms with Crippen LogP contribution < -0.4 is 9.80 Å². The normalized spacial score (nSPS) is 13.0. The van der Waals surface area contributed by atoms with Crippen molar-refractivity contribution in [1.29, 1.82) is 0 Å². The first-order valence-corrected chi connectivity index (χ1v) is 25.6. The monoisotopic (exact) mass is 946 g/mol. The van der Waals surface area contributed by atoms with Gasteiger partial charge in [-0.15, -0.1) is 0 Å². The Morgan fingerprint density at radius 2 is 0.459 bits per heavy atom. The summed E-state index contributed by atoms with van der Waals surface area (Å²) in [6, 6.07) is 105. The van der Waals surface area contributed by atoms with Crippen LogP contribution in [0.15, 0.2) is 315 Å². The second-order valence-corrected chi connectivity index (χ2v) is 18.9. The third-order valence-electron chi connectivity index (χ3n) is 14.3. The van der Waals surface area contributed by atoms with Gasteiger partial charge in [0.2, 0.25) is 0 Å². The summed E-state index contributed by atoms with van der Waals surface area (Å²) in [5.74, 6) is 0.291. The number of benzene rings is 11. The second kappa shape index (κ2) is 21.1. The first kappa shape index (κ1) is 45.6. The molecule has 0 spiro atoms. The summed E-state index contributed by atoms with van der Waals surface area (Å²) in [5, 5.41) is 0. The van der Waals surface area contributed by atoms with Crippen molar-refractivity contribution < 1.29 is 0 Å². The van der Waals surface area contributed by atoms with Gasteiger partial charge in [0.25, 0.3) is 0 Å². The van der Waals surface area contributed by atoms with Gasteiger partial charge in [0.05, 0.1) is 0 Å². The summed E-state index contributed by atoms with van der Waals surface area (Å²) in [6.45, 7) is 0. The van der Waals surface area contributed by atoms with E-state index in [4.69, 9.17) is 0 Å². The lowest BCUT2D eigenvalue weighted by Crippen LogP contribution is -2.17. The zero-order valence-electron chi connectivity index (χ0n) is 41.1. The van der Waals surface area contributed by atoms with Gasteiger partial charge >= 0.3 is 0 Å². The molecule has 0 heterocycles. The minimum absolute atomic E-state index is 0.291. The third-order valence-corrected chi connectivity index (χ3v) is 14.3. The SMILES string of the molecule is C1=CC(c2ccc(-c3ccc(-c4ccc(N(c5ccc(-c6ccccc6)cc5)c5ccc(-c6ccccc6)cc5)cc4)cc3)cc2)CC=C1N(c1ccc(-c2ccccc2)cc1)c1ccc(-c2ccccc2)cc1. The highest BCUT2D eigenvalue weighted by Gasteiger charge is 2.20. The second-order valence-electron chi connectivity index (χ2n) is 18.9. The lowest BCUT2D eigenvalue weighted by atomic mass is 9.90. The third kappa shape index (κ3) is 9.90. The zero-order chi connectivity index (χ0) is 49.5. The number of hydrogen-bond acceptors (Lipinski definition) is 2. The van der Waals surface area contributed by atoms with E-state index in [1.807, 2.05) is 0 Å². The van der Waals surface area contributed by atoms with E-state index < -0.39 is 0 Å². The summed E-state index contributed by atoms with van der Waals surface area (Å²) in [5.41, 5.74) is 22.5. The molecule has 0 N–H and O–H groups in total. The molecule has 11 aromatic carbocycles. The van der Waals surface area contributed by atoms with Crippen LogP contribution in [0, 0.1) is 0 Å². The van der Waals surface area contributed by atoms with Gasteiger partial charge in [0, 0.05) is 40.1 Å². The van der Waals surface area contributed by atoms with Gasteiger partial charge in [-0.3, -0.25) is 0 Å². The Hall–Kier alpha value is -9.50. The summed E-state index contributed by atoms with van der Waals surface area (Å²) >= 11 is 0. The van der Waals surface area contributed by atoms with Crippen molar-refractivity contribution in [2.45, 2.75) is 12.3 Å². The summed E-state index contributed by atoms with van der Waals surface area (Å²) in [4.78, 5) is 4.72. The predicted octanol–water partition coefficient (Wildman–Crippen LogP) is 19.9. The molecule has 74 heavy (non-hydrogen) atoms. The molecule has 352 valence electrons. The fraction of sp³-hybridized carbons (Fsp3) is 0.0278. The van der Waals surface area contributed by atoms with Crippen molar-refractivity contribution in [2.24, 2.45) is 0 Å². The molecule has 1 unspecified atom stereocenters. The van der Waals surface area contributed by atoms with Gasteiger partial charge in [-0.05, 0) is 145 Å². The summed E-state index contributed by atoms with van der Waals surface area (Å²) in [7, 11) is 0. The van der Waals surface area contributed by atoms with Crippen molar-refractivity contribution in [3.05, 3.63) is 321 Å². The Balaban J connectivity index is 0.748. The highest BCUT2D eigenvalue weighted by molar-refractivity contribution is 5.82. The molecule has 0 aliphatic heterocycles. The Bertz CT molecular complexity index is 3480. The van der Waals surface area contributed by atoms with Crippen molar-refractivity contribution in [1.82, 2.24) is 0 Å². The first-order valence-electron chi connectivity index (χ1n) is 25.6. The van der Waals surface area contributed by atoms with E-state index >= 15 is 0 Å². The van der Waals surface area contributed by atoms with Gasteiger partial charge in [-0.1, -0.05) is 243 Å². The Kier molecular flexibility index (Phi) is 13.0. The van der Waals surface area contributed by atoms with Crippen LogP contribution in [0.5, 0.6) is 0 Å². The molecule has 0 saturated heterocycles. The first-order chi connectivity index (χ1) is 36.7. The van der Waals surface area contributed by atoms with Gasteiger partial charge in [-0.2, -0.15) is 0 Å². The van der Waals surface area contributed by atoms with Crippen molar-refractivity contribution >= 4 is 28.4 Å². The molecule has 0 radical (unpaired) electrons. The number of rotatable bonds is 13.